The Morgan fingerprint density at radius 3 is 2.71 bits per heavy atom. The second-order valence-electron chi connectivity index (χ2n) is 3.19. The molecule has 0 aliphatic heterocycles. The molecule has 1 aromatic carbocycles. The molecule has 0 bridgehead atoms. The Hall–Kier alpha value is -0.803. The second-order valence-corrected chi connectivity index (χ2v) is 4.18. The smallest absolute Gasteiger partial charge is 0.231 e. The van der Waals surface area contributed by atoms with Gasteiger partial charge in [0.25, 0.3) is 0 Å². The SMILES string of the molecule is CCO[Si]CC(C)Nc1ccccc1. The number of para-hydroxylation sites is 1. The third kappa shape index (κ3) is 4.44. The highest BCUT2D eigenvalue weighted by Gasteiger charge is 2.02. The molecule has 1 rings (SSSR count). The van der Waals surface area contributed by atoms with Crippen LogP contribution in [0.15, 0.2) is 30.3 Å². The maximum absolute atomic E-state index is 5.33. The lowest BCUT2D eigenvalue weighted by molar-refractivity contribution is 0.358. The van der Waals surface area contributed by atoms with Crippen LogP contribution in [-0.2, 0) is 4.43 Å². The van der Waals surface area contributed by atoms with Gasteiger partial charge in [-0.25, -0.2) is 0 Å². The first-order valence-electron chi connectivity index (χ1n) is 4.99. The Morgan fingerprint density at radius 1 is 1.36 bits per heavy atom. The van der Waals surface area contributed by atoms with Crippen molar-refractivity contribution in [1.29, 1.82) is 0 Å². The fraction of sp³-hybridized carbons (Fsp3) is 0.455. The van der Waals surface area contributed by atoms with E-state index in [4.69, 9.17) is 4.43 Å². The van der Waals surface area contributed by atoms with Gasteiger partial charge in [-0.3, -0.25) is 0 Å². The molecule has 1 unspecified atom stereocenters. The van der Waals surface area contributed by atoms with Crippen molar-refractivity contribution in [2.45, 2.75) is 25.9 Å². The number of hydrogen-bond acceptors (Lipinski definition) is 2. The highest BCUT2D eigenvalue weighted by molar-refractivity contribution is 6.27. The van der Waals surface area contributed by atoms with Gasteiger partial charge >= 0.3 is 0 Å². The minimum Gasteiger partial charge on any atom is -0.418 e. The van der Waals surface area contributed by atoms with Crippen molar-refractivity contribution < 1.29 is 4.43 Å². The molecule has 0 heterocycles. The molecule has 1 N–H and O–H groups in total. The minimum atomic E-state index is 0.474. The van der Waals surface area contributed by atoms with Gasteiger partial charge in [0.1, 0.15) is 0 Å². The molecule has 0 aliphatic rings. The molecule has 0 aliphatic carbocycles. The highest BCUT2D eigenvalue weighted by Crippen LogP contribution is 2.08. The fourth-order valence-electron chi connectivity index (χ4n) is 1.16. The third-order valence-corrected chi connectivity index (χ3v) is 3.09. The summed E-state index contributed by atoms with van der Waals surface area (Å²) in [6.07, 6.45) is 0. The molecular weight excluding hydrogens is 190 g/mol. The Kier molecular flexibility index (Phi) is 5.33. The lowest BCUT2D eigenvalue weighted by atomic mass is 10.3. The van der Waals surface area contributed by atoms with Gasteiger partial charge in [-0.15, -0.1) is 0 Å². The first-order chi connectivity index (χ1) is 6.83. The fourth-order valence-corrected chi connectivity index (χ4v) is 1.83. The maximum Gasteiger partial charge on any atom is 0.231 e. The monoisotopic (exact) mass is 207 g/mol. The normalized spacial score (nSPS) is 12.4. The molecule has 0 saturated heterocycles. The van der Waals surface area contributed by atoms with Crippen LogP contribution in [0.5, 0.6) is 0 Å². The number of nitrogens with one attached hydrogen (secondary N) is 1. The number of anilines is 1. The standard InChI is InChI=1S/C11H17NOSi/c1-3-13-14-9-10(2)12-11-7-5-4-6-8-11/h4-8,10,12H,3,9H2,1-2H3. The molecular formula is C11H17NOSi. The summed E-state index contributed by atoms with van der Waals surface area (Å²) in [5.74, 6) is 0. The van der Waals surface area contributed by atoms with Crippen LogP contribution in [0.3, 0.4) is 0 Å². The van der Waals surface area contributed by atoms with Crippen LogP contribution in [0.1, 0.15) is 13.8 Å². The molecule has 14 heavy (non-hydrogen) atoms. The van der Waals surface area contributed by atoms with E-state index in [1.165, 1.54) is 5.69 Å². The van der Waals surface area contributed by atoms with Crippen molar-refractivity contribution in [3.05, 3.63) is 30.3 Å². The molecule has 0 fully saturated rings. The molecule has 76 valence electrons. The summed E-state index contributed by atoms with van der Waals surface area (Å²) >= 11 is 0. The Labute approximate surface area is 88.6 Å². The van der Waals surface area contributed by atoms with E-state index in [0.717, 1.165) is 12.7 Å². The zero-order valence-corrected chi connectivity index (χ0v) is 9.79. The molecule has 3 heteroatoms. The van der Waals surface area contributed by atoms with E-state index in [0.29, 0.717) is 15.8 Å². The average Bonchev–Trinajstić information content (AvgIpc) is 2.20. The highest BCUT2D eigenvalue weighted by atomic mass is 28.2. The molecule has 2 nitrogen and oxygen atoms in total. The van der Waals surface area contributed by atoms with Gasteiger partial charge in [-0.2, -0.15) is 0 Å². The van der Waals surface area contributed by atoms with E-state index in [2.05, 4.69) is 24.4 Å². The van der Waals surface area contributed by atoms with Crippen molar-refractivity contribution in [2.75, 3.05) is 11.9 Å². The summed E-state index contributed by atoms with van der Waals surface area (Å²) in [4.78, 5) is 0. The Balaban J connectivity index is 2.23. The largest absolute Gasteiger partial charge is 0.418 e. The molecule has 0 aromatic heterocycles. The zero-order chi connectivity index (χ0) is 10.2. The van der Waals surface area contributed by atoms with E-state index in [1.54, 1.807) is 0 Å². The molecule has 0 spiro atoms. The first kappa shape index (κ1) is 11.3. The summed E-state index contributed by atoms with van der Waals surface area (Å²) < 4.78 is 5.33. The molecule has 1 atom stereocenters. The van der Waals surface area contributed by atoms with Crippen LogP contribution >= 0.6 is 0 Å². The van der Waals surface area contributed by atoms with Crippen LogP contribution in [-0.4, -0.2) is 22.4 Å². The van der Waals surface area contributed by atoms with Gasteiger partial charge < -0.3 is 9.74 Å². The Morgan fingerprint density at radius 2 is 2.07 bits per heavy atom. The summed E-state index contributed by atoms with van der Waals surface area (Å²) in [7, 11) is 0.602. The van der Waals surface area contributed by atoms with Gasteiger partial charge in [0.2, 0.25) is 9.76 Å². The van der Waals surface area contributed by atoms with Crippen molar-refractivity contribution in [1.82, 2.24) is 0 Å². The van der Waals surface area contributed by atoms with E-state index in [9.17, 15) is 0 Å². The van der Waals surface area contributed by atoms with Gasteiger partial charge in [-0.1, -0.05) is 18.2 Å². The van der Waals surface area contributed by atoms with Gasteiger partial charge in [-0.05, 0) is 32.0 Å². The summed E-state index contributed by atoms with van der Waals surface area (Å²) in [5, 5.41) is 3.43. The van der Waals surface area contributed by atoms with E-state index in [-0.39, 0.29) is 0 Å². The second kappa shape index (κ2) is 6.62. The first-order valence-corrected chi connectivity index (χ1v) is 6.10. The lowest BCUT2D eigenvalue weighted by Crippen LogP contribution is -2.18. The maximum atomic E-state index is 5.33. The van der Waals surface area contributed by atoms with E-state index in [1.807, 2.05) is 25.1 Å². The van der Waals surface area contributed by atoms with Crippen molar-refractivity contribution in [3.63, 3.8) is 0 Å². The van der Waals surface area contributed by atoms with E-state index >= 15 is 0 Å². The van der Waals surface area contributed by atoms with Crippen molar-refractivity contribution >= 4 is 15.5 Å². The zero-order valence-electron chi connectivity index (χ0n) is 8.79. The third-order valence-electron chi connectivity index (χ3n) is 1.82. The molecule has 1 aromatic rings. The van der Waals surface area contributed by atoms with Crippen LogP contribution in [0.25, 0.3) is 0 Å². The molecule has 0 amide bonds. The van der Waals surface area contributed by atoms with Crippen LogP contribution < -0.4 is 5.32 Å². The van der Waals surface area contributed by atoms with Crippen LogP contribution in [0.2, 0.25) is 6.04 Å². The van der Waals surface area contributed by atoms with Gasteiger partial charge in [0.15, 0.2) is 0 Å². The predicted molar refractivity (Wildman–Crippen MR) is 61.7 cm³/mol. The van der Waals surface area contributed by atoms with Crippen LogP contribution in [0.4, 0.5) is 5.69 Å². The number of hydrogen-bond donors (Lipinski definition) is 1. The summed E-state index contributed by atoms with van der Waals surface area (Å²) in [5.41, 5.74) is 1.18. The van der Waals surface area contributed by atoms with E-state index < -0.39 is 0 Å². The summed E-state index contributed by atoms with van der Waals surface area (Å²) in [6, 6.07) is 11.8. The Bertz CT molecular complexity index is 240. The van der Waals surface area contributed by atoms with Gasteiger partial charge in [0.05, 0.1) is 0 Å². The van der Waals surface area contributed by atoms with Gasteiger partial charge in [0, 0.05) is 18.3 Å². The quantitative estimate of drug-likeness (QED) is 0.572. The predicted octanol–water partition coefficient (Wildman–Crippen LogP) is 2.56. The number of rotatable bonds is 6. The summed E-state index contributed by atoms with van der Waals surface area (Å²) in [6.45, 7) is 5.03. The van der Waals surface area contributed by atoms with Crippen LogP contribution in [0, 0.1) is 0 Å². The van der Waals surface area contributed by atoms with Crippen molar-refractivity contribution in [3.8, 4) is 0 Å². The average molecular weight is 207 g/mol. The topological polar surface area (TPSA) is 21.3 Å². The lowest BCUT2D eigenvalue weighted by Gasteiger charge is -2.13. The minimum absolute atomic E-state index is 0.474. The van der Waals surface area contributed by atoms with Crippen molar-refractivity contribution in [2.24, 2.45) is 0 Å². The molecule has 0 saturated carbocycles. The molecule has 2 radical (unpaired) electrons. The number of benzene rings is 1.